The average molecular weight is 281 g/mol. The largest absolute Gasteiger partial charge is 0.385 e. The van der Waals surface area contributed by atoms with Crippen molar-refractivity contribution >= 4 is 11.3 Å². The highest BCUT2D eigenvalue weighted by Crippen LogP contribution is 2.18. The van der Waals surface area contributed by atoms with Crippen LogP contribution in [0.15, 0.2) is 29.5 Å². The number of aliphatic hydroxyl groups is 1. The molecule has 2 rings (SSSR count). The van der Waals surface area contributed by atoms with E-state index >= 15 is 0 Å². The fraction of sp³-hybridized carbons (Fsp3) is 0.600. The zero-order valence-corrected chi connectivity index (χ0v) is 12.4. The van der Waals surface area contributed by atoms with Crippen molar-refractivity contribution < 1.29 is 9.84 Å². The van der Waals surface area contributed by atoms with Gasteiger partial charge in [0.2, 0.25) is 0 Å². The van der Waals surface area contributed by atoms with E-state index in [1.165, 1.54) is 5.56 Å². The minimum Gasteiger partial charge on any atom is -0.385 e. The summed E-state index contributed by atoms with van der Waals surface area (Å²) in [4.78, 5) is 2.26. The van der Waals surface area contributed by atoms with Crippen LogP contribution >= 0.6 is 11.3 Å². The fourth-order valence-electron chi connectivity index (χ4n) is 2.42. The minimum absolute atomic E-state index is 0.305. The summed E-state index contributed by atoms with van der Waals surface area (Å²) in [6.07, 6.45) is 4.19. The summed E-state index contributed by atoms with van der Waals surface area (Å²) in [5.74, 6) is 0. The predicted octanol–water partition coefficient (Wildman–Crippen LogP) is 2.67. The highest BCUT2D eigenvalue weighted by Gasteiger charge is 2.25. The molecule has 2 heterocycles. The Morgan fingerprint density at radius 2 is 2.53 bits per heavy atom. The van der Waals surface area contributed by atoms with Gasteiger partial charge < -0.3 is 9.84 Å². The highest BCUT2D eigenvalue weighted by molar-refractivity contribution is 7.07. The average Bonchev–Trinajstić information content (AvgIpc) is 3.02. The van der Waals surface area contributed by atoms with Crippen molar-refractivity contribution in [2.24, 2.45) is 0 Å². The third-order valence-electron chi connectivity index (χ3n) is 3.46. The van der Waals surface area contributed by atoms with Crippen LogP contribution in [0.1, 0.15) is 25.3 Å². The van der Waals surface area contributed by atoms with Crippen LogP contribution < -0.4 is 0 Å². The summed E-state index contributed by atoms with van der Waals surface area (Å²) in [5.41, 5.74) is 0.442. The predicted molar refractivity (Wildman–Crippen MR) is 79.4 cm³/mol. The molecule has 106 valence electrons. The number of hydrogen-bond acceptors (Lipinski definition) is 4. The molecule has 1 N–H and O–H groups in total. The summed E-state index contributed by atoms with van der Waals surface area (Å²) < 4.78 is 5.70. The van der Waals surface area contributed by atoms with Gasteiger partial charge in [-0.2, -0.15) is 11.3 Å². The van der Waals surface area contributed by atoms with Gasteiger partial charge in [-0.15, -0.1) is 6.58 Å². The van der Waals surface area contributed by atoms with Gasteiger partial charge in [0.25, 0.3) is 0 Å². The molecule has 4 heteroatoms. The Hall–Kier alpha value is -0.680. The van der Waals surface area contributed by atoms with Crippen molar-refractivity contribution in [2.45, 2.75) is 38.0 Å². The number of thiophene rings is 1. The van der Waals surface area contributed by atoms with Gasteiger partial charge in [0, 0.05) is 26.2 Å². The standard InChI is InChI=1S/C15H23NO2S/c1-3-15(2,17)12-16(9-13-6-8-19-11-13)10-14-5-4-7-18-14/h3,6,8,11,14,17H,1,4-5,7,9-10,12H2,2H3. The normalized spacial score (nSPS) is 22.6. The summed E-state index contributed by atoms with van der Waals surface area (Å²) in [7, 11) is 0. The first-order valence-electron chi connectivity index (χ1n) is 6.80. The fourth-order valence-corrected chi connectivity index (χ4v) is 3.08. The lowest BCUT2D eigenvalue weighted by atomic mass is 10.1. The molecular weight excluding hydrogens is 258 g/mol. The van der Waals surface area contributed by atoms with E-state index in [2.05, 4.69) is 28.3 Å². The zero-order chi connectivity index (χ0) is 13.7. The van der Waals surface area contributed by atoms with Gasteiger partial charge in [-0.1, -0.05) is 6.08 Å². The van der Waals surface area contributed by atoms with Crippen LogP contribution in [0.25, 0.3) is 0 Å². The maximum Gasteiger partial charge on any atom is 0.0923 e. The van der Waals surface area contributed by atoms with Crippen LogP contribution in [-0.2, 0) is 11.3 Å². The smallest absolute Gasteiger partial charge is 0.0923 e. The van der Waals surface area contributed by atoms with Gasteiger partial charge in [-0.25, -0.2) is 0 Å². The van der Waals surface area contributed by atoms with Gasteiger partial charge in [0.1, 0.15) is 0 Å². The lowest BCUT2D eigenvalue weighted by molar-refractivity contribution is 0.0243. The van der Waals surface area contributed by atoms with Gasteiger partial charge in [0.05, 0.1) is 11.7 Å². The van der Waals surface area contributed by atoms with Crippen molar-refractivity contribution in [1.82, 2.24) is 4.90 Å². The van der Waals surface area contributed by atoms with Crippen molar-refractivity contribution in [2.75, 3.05) is 19.7 Å². The molecule has 0 aromatic carbocycles. The molecule has 2 atom stereocenters. The first kappa shape index (κ1) is 14.7. The Bertz CT molecular complexity index is 383. The third-order valence-corrected chi connectivity index (χ3v) is 4.19. The summed E-state index contributed by atoms with van der Waals surface area (Å²) in [6, 6.07) is 2.13. The van der Waals surface area contributed by atoms with E-state index in [9.17, 15) is 5.11 Å². The van der Waals surface area contributed by atoms with Gasteiger partial charge >= 0.3 is 0 Å². The van der Waals surface area contributed by atoms with Crippen LogP contribution in [0.2, 0.25) is 0 Å². The minimum atomic E-state index is -0.853. The second-order valence-electron chi connectivity index (χ2n) is 5.50. The van der Waals surface area contributed by atoms with Gasteiger partial charge in [-0.3, -0.25) is 4.90 Å². The molecule has 1 aromatic rings. The van der Waals surface area contributed by atoms with Crippen LogP contribution in [0.4, 0.5) is 0 Å². The quantitative estimate of drug-likeness (QED) is 0.780. The Balaban J connectivity index is 1.97. The summed E-state index contributed by atoms with van der Waals surface area (Å²) in [6.45, 7) is 8.70. The molecule has 0 saturated carbocycles. The van der Waals surface area contributed by atoms with E-state index < -0.39 is 5.60 Å². The lowest BCUT2D eigenvalue weighted by Gasteiger charge is -2.31. The third kappa shape index (κ3) is 4.73. The van der Waals surface area contributed by atoms with Crippen molar-refractivity contribution in [1.29, 1.82) is 0 Å². The van der Waals surface area contributed by atoms with Crippen LogP contribution in [0.3, 0.4) is 0 Å². The molecule has 0 bridgehead atoms. The molecule has 0 aliphatic carbocycles. The van der Waals surface area contributed by atoms with E-state index in [1.54, 1.807) is 24.3 Å². The Kier molecular flexibility index (Phi) is 5.16. The van der Waals surface area contributed by atoms with Crippen molar-refractivity contribution in [3.8, 4) is 0 Å². The molecular formula is C15H23NO2S. The van der Waals surface area contributed by atoms with E-state index in [0.717, 1.165) is 32.5 Å². The maximum absolute atomic E-state index is 10.2. The Morgan fingerprint density at radius 1 is 1.68 bits per heavy atom. The molecule has 1 aliphatic heterocycles. The van der Waals surface area contributed by atoms with Crippen molar-refractivity contribution in [3.63, 3.8) is 0 Å². The van der Waals surface area contributed by atoms with Gasteiger partial charge in [0.15, 0.2) is 0 Å². The van der Waals surface area contributed by atoms with Gasteiger partial charge in [-0.05, 0) is 42.2 Å². The molecule has 1 fully saturated rings. The number of hydrogen-bond donors (Lipinski definition) is 1. The van der Waals surface area contributed by atoms with Crippen molar-refractivity contribution in [3.05, 3.63) is 35.0 Å². The molecule has 0 amide bonds. The Morgan fingerprint density at radius 3 is 3.11 bits per heavy atom. The first-order valence-corrected chi connectivity index (χ1v) is 7.74. The number of rotatable bonds is 7. The van der Waals surface area contributed by atoms with Crippen LogP contribution in [0.5, 0.6) is 0 Å². The first-order chi connectivity index (χ1) is 9.09. The summed E-state index contributed by atoms with van der Waals surface area (Å²) >= 11 is 1.71. The SMILES string of the molecule is C=CC(C)(O)CN(Cc1ccsc1)CC1CCCO1. The second-order valence-corrected chi connectivity index (χ2v) is 6.28. The van der Waals surface area contributed by atoms with E-state index in [4.69, 9.17) is 4.74 Å². The van der Waals surface area contributed by atoms with Crippen LogP contribution in [-0.4, -0.2) is 41.4 Å². The van der Waals surface area contributed by atoms with Crippen LogP contribution in [0, 0.1) is 0 Å². The van der Waals surface area contributed by atoms with E-state index in [0.29, 0.717) is 12.6 Å². The second kappa shape index (κ2) is 6.66. The lowest BCUT2D eigenvalue weighted by Crippen LogP contribution is -2.42. The molecule has 1 aliphatic rings. The monoisotopic (exact) mass is 281 g/mol. The number of ether oxygens (including phenoxy) is 1. The molecule has 0 spiro atoms. The molecule has 19 heavy (non-hydrogen) atoms. The molecule has 0 radical (unpaired) electrons. The molecule has 1 saturated heterocycles. The Labute approximate surface area is 119 Å². The molecule has 2 unspecified atom stereocenters. The zero-order valence-electron chi connectivity index (χ0n) is 11.5. The highest BCUT2D eigenvalue weighted by atomic mass is 32.1. The van der Waals surface area contributed by atoms with E-state index in [1.807, 2.05) is 0 Å². The number of nitrogens with zero attached hydrogens (tertiary/aromatic N) is 1. The molecule has 3 nitrogen and oxygen atoms in total. The maximum atomic E-state index is 10.2. The molecule has 1 aromatic heterocycles. The topological polar surface area (TPSA) is 32.7 Å². The summed E-state index contributed by atoms with van der Waals surface area (Å²) in [5, 5.41) is 14.4. The van der Waals surface area contributed by atoms with E-state index in [-0.39, 0.29) is 0 Å².